The fraction of sp³-hybridized carbons (Fsp3) is 0.0667. The van der Waals surface area contributed by atoms with Crippen molar-refractivity contribution in [1.82, 2.24) is 19.7 Å². The summed E-state index contributed by atoms with van der Waals surface area (Å²) >= 11 is 3.34. The summed E-state index contributed by atoms with van der Waals surface area (Å²) < 4.78 is 20.6. The Morgan fingerprint density at radius 3 is 2.88 bits per heavy atom. The van der Waals surface area contributed by atoms with E-state index >= 15 is 0 Å². The summed E-state index contributed by atoms with van der Waals surface area (Å²) in [4.78, 5) is 18.9. The van der Waals surface area contributed by atoms with E-state index in [9.17, 15) is 9.18 Å². The minimum absolute atomic E-state index is 0.0577. The average molecular weight is 393 g/mol. The summed E-state index contributed by atoms with van der Waals surface area (Å²) in [5, 5.41) is 13.0. The summed E-state index contributed by atoms with van der Waals surface area (Å²) in [6.45, 7) is -0.557. The van der Waals surface area contributed by atoms with Gasteiger partial charge in [0.05, 0.1) is 11.9 Å². The molecule has 9 heteroatoms. The smallest absolute Gasteiger partial charge is 0.341 e. The number of halogens is 2. The van der Waals surface area contributed by atoms with E-state index in [0.717, 1.165) is 0 Å². The highest BCUT2D eigenvalue weighted by Crippen LogP contribution is 2.37. The fourth-order valence-electron chi connectivity index (χ4n) is 2.05. The van der Waals surface area contributed by atoms with Crippen LogP contribution >= 0.6 is 15.9 Å². The Balaban J connectivity index is 2.15. The lowest BCUT2D eigenvalue weighted by atomic mass is 10.1. The van der Waals surface area contributed by atoms with Crippen molar-refractivity contribution in [2.24, 2.45) is 0 Å². The number of hydrogen-bond donors (Lipinski definition) is 1. The van der Waals surface area contributed by atoms with Gasteiger partial charge in [-0.3, -0.25) is 4.98 Å². The zero-order valence-corrected chi connectivity index (χ0v) is 13.6. The normalized spacial score (nSPS) is 10.6. The second-order valence-corrected chi connectivity index (χ2v) is 5.43. The Hall–Kier alpha value is -2.81. The first-order valence-corrected chi connectivity index (χ1v) is 7.51. The molecule has 0 saturated heterocycles. The minimum Gasteiger partial charge on any atom is -0.479 e. The predicted molar refractivity (Wildman–Crippen MR) is 85.4 cm³/mol. The first-order chi connectivity index (χ1) is 11.6. The van der Waals surface area contributed by atoms with Crippen molar-refractivity contribution in [3.05, 3.63) is 53.1 Å². The Labute approximate surface area is 143 Å². The Kier molecular flexibility index (Phi) is 4.52. The molecule has 7 nitrogen and oxygen atoms in total. The molecule has 0 saturated carbocycles. The molecule has 2 heterocycles. The van der Waals surface area contributed by atoms with Crippen molar-refractivity contribution in [3.8, 4) is 23.0 Å². The monoisotopic (exact) mass is 392 g/mol. The number of aliphatic carboxylic acids is 1. The Bertz CT molecular complexity index is 886. The number of nitrogens with zero attached hydrogens (tertiary/aromatic N) is 4. The molecule has 1 N–H and O–H groups in total. The molecule has 0 radical (unpaired) electrons. The van der Waals surface area contributed by atoms with Crippen LogP contribution in [0, 0.1) is 5.82 Å². The lowest BCUT2D eigenvalue weighted by molar-refractivity contribution is -0.139. The first-order valence-electron chi connectivity index (χ1n) is 6.71. The van der Waals surface area contributed by atoms with Crippen LogP contribution in [0.25, 0.3) is 17.1 Å². The van der Waals surface area contributed by atoms with Crippen LogP contribution in [0.4, 0.5) is 4.39 Å². The minimum atomic E-state index is -1.14. The number of carbonyl (C=O) groups is 1. The number of hydrogen-bond acceptors (Lipinski definition) is 5. The number of rotatable bonds is 5. The third kappa shape index (κ3) is 3.25. The van der Waals surface area contributed by atoms with Crippen molar-refractivity contribution < 1.29 is 19.0 Å². The lowest BCUT2D eigenvalue weighted by Gasteiger charge is -2.06. The van der Waals surface area contributed by atoms with Crippen LogP contribution in [0.3, 0.4) is 0 Å². The second-order valence-electron chi connectivity index (χ2n) is 4.64. The third-order valence-electron chi connectivity index (χ3n) is 3.00. The molecule has 0 spiro atoms. The molecule has 3 rings (SSSR count). The highest BCUT2D eigenvalue weighted by molar-refractivity contribution is 9.10. The quantitative estimate of drug-likeness (QED) is 0.717. The van der Waals surface area contributed by atoms with Gasteiger partial charge in [-0.1, -0.05) is 12.1 Å². The van der Waals surface area contributed by atoms with Gasteiger partial charge in [-0.2, -0.15) is 0 Å². The van der Waals surface area contributed by atoms with Gasteiger partial charge >= 0.3 is 5.97 Å². The van der Waals surface area contributed by atoms with Gasteiger partial charge < -0.3 is 9.84 Å². The molecule has 0 unspecified atom stereocenters. The predicted octanol–water partition coefficient (Wildman–Crippen LogP) is 2.69. The van der Waals surface area contributed by atoms with Gasteiger partial charge in [0.15, 0.2) is 12.4 Å². The van der Waals surface area contributed by atoms with E-state index < -0.39 is 18.4 Å². The van der Waals surface area contributed by atoms with Crippen molar-refractivity contribution in [2.75, 3.05) is 6.61 Å². The zero-order chi connectivity index (χ0) is 17.1. The van der Waals surface area contributed by atoms with Gasteiger partial charge in [0.2, 0.25) is 5.88 Å². The number of aromatic nitrogens is 4. The molecule has 122 valence electrons. The molecule has 0 aliphatic carbocycles. The average Bonchev–Trinajstić information content (AvgIpc) is 2.90. The number of benzene rings is 1. The van der Waals surface area contributed by atoms with E-state index in [1.807, 2.05) is 0 Å². The molecule has 24 heavy (non-hydrogen) atoms. The molecule has 2 aromatic heterocycles. The zero-order valence-electron chi connectivity index (χ0n) is 12.1. The first kappa shape index (κ1) is 16.1. The van der Waals surface area contributed by atoms with Gasteiger partial charge in [-0.25, -0.2) is 18.9 Å². The summed E-state index contributed by atoms with van der Waals surface area (Å²) in [6, 6.07) is 5.90. The summed E-state index contributed by atoms with van der Waals surface area (Å²) in [5.41, 5.74) is 0.987. The van der Waals surface area contributed by atoms with Gasteiger partial charge in [0, 0.05) is 18.0 Å². The highest BCUT2D eigenvalue weighted by atomic mass is 79.9. The fourth-order valence-corrected chi connectivity index (χ4v) is 2.64. The number of ether oxygens (including phenoxy) is 1. The van der Waals surface area contributed by atoms with Crippen LogP contribution in [-0.4, -0.2) is 37.4 Å². The SMILES string of the molecule is O=C(O)COc1nn(-c2cnccn2)c(-c2cccc(F)c2)c1Br. The van der Waals surface area contributed by atoms with E-state index in [-0.39, 0.29) is 5.88 Å². The molecule has 0 atom stereocenters. The van der Waals surface area contributed by atoms with Crippen molar-refractivity contribution in [3.63, 3.8) is 0 Å². The van der Waals surface area contributed by atoms with Gasteiger partial charge in [0.1, 0.15) is 10.3 Å². The largest absolute Gasteiger partial charge is 0.479 e. The van der Waals surface area contributed by atoms with E-state index in [4.69, 9.17) is 9.84 Å². The Morgan fingerprint density at radius 2 is 2.21 bits per heavy atom. The van der Waals surface area contributed by atoms with Crippen LogP contribution < -0.4 is 4.74 Å². The maximum absolute atomic E-state index is 13.6. The molecule has 0 aliphatic rings. The third-order valence-corrected chi connectivity index (χ3v) is 3.71. The van der Waals surface area contributed by atoms with E-state index in [2.05, 4.69) is 31.0 Å². The summed E-state index contributed by atoms with van der Waals surface area (Å²) in [6.07, 6.45) is 4.47. The molecule has 3 aromatic rings. The summed E-state index contributed by atoms with van der Waals surface area (Å²) in [7, 11) is 0. The summed E-state index contributed by atoms with van der Waals surface area (Å²) in [5.74, 6) is -1.12. The standard InChI is InChI=1S/C15H10BrFN4O3/c16-13-14(9-2-1-3-10(17)6-9)21(11-7-18-4-5-19-11)20-15(13)24-8-12(22)23/h1-7H,8H2,(H,22,23). The maximum Gasteiger partial charge on any atom is 0.341 e. The maximum atomic E-state index is 13.6. The second kappa shape index (κ2) is 6.75. The number of carboxylic acid groups (broad SMARTS) is 1. The number of carboxylic acids is 1. The van der Waals surface area contributed by atoms with Crippen LogP contribution in [0.2, 0.25) is 0 Å². The van der Waals surface area contributed by atoms with Crippen molar-refractivity contribution in [2.45, 2.75) is 0 Å². The van der Waals surface area contributed by atoms with E-state index in [1.165, 1.54) is 35.4 Å². The highest BCUT2D eigenvalue weighted by Gasteiger charge is 2.21. The van der Waals surface area contributed by atoms with Crippen LogP contribution in [0.15, 0.2) is 47.3 Å². The molecule has 1 aromatic carbocycles. The van der Waals surface area contributed by atoms with Crippen molar-refractivity contribution in [1.29, 1.82) is 0 Å². The van der Waals surface area contributed by atoms with Crippen molar-refractivity contribution >= 4 is 21.9 Å². The van der Waals surface area contributed by atoms with E-state index in [1.54, 1.807) is 12.1 Å². The molecule has 0 amide bonds. The van der Waals surface area contributed by atoms with Gasteiger partial charge in [0.25, 0.3) is 0 Å². The van der Waals surface area contributed by atoms with E-state index in [0.29, 0.717) is 21.5 Å². The lowest BCUT2D eigenvalue weighted by Crippen LogP contribution is -2.10. The molecule has 0 fully saturated rings. The van der Waals surface area contributed by atoms with Crippen LogP contribution in [-0.2, 0) is 4.79 Å². The Morgan fingerprint density at radius 1 is 1.38 bits per heavy atom. The topological polar surface area (TPSA) is 90.1 Å². The van der Waals surface area contributed by atoms with Gasteiger partial charge in [-0.05, 0) is 28.1 Å². The van der Waals surface area contributed by atoms with Gasteiger partial charge in [-0.15, -0.1) is 5.10 Å². The molecular weight excluding hydrogens is 383 g/mol. The van der Waals surface area contributed by atoms with Crippen LogP contribution in [0.1, 0.15) is 0 Å². The molecule has 0 bridgehead atoms. The molecule has 0 aliphatic heterocycles. The van der Waals surface area contributed by atoms with Crippen LogP contribution in [0.5, 0.6) is 5.88 Å². The molecular formula is C15H10BrFN4O3.